The Bertz CT molecular complexity index is 221. The van der Waals surface area contributed by atoms with Crippen LogP contribution in [-0.2, 0) is 0 Å². The van der Waals surface area contributed by atoms with E-state index in [1.54, 1.807) is 4.90 Å². The summed E-state index contributed by atoms with van der Waals surface area (Å²) in [4.78, 5) is 3.71. The van der Waals surface area contributed by atoms with Crippen LogP contribution in [0.4, 0.5) is 13.2 Å². The zero-order chi connectivity index (χ0) is 12.3. The molecule has 2 unspecified atom stereocenters. The molecule has 1 N–H and O–H groups in total. The molecule has 16 heavy (non-hydrogen) atoms. The minimum atomic E-state index is -4.51. The summed E-state index contributed by atoms with van der Waals surface area (Å²) in [6, 6.07) is 0.286. The number of hydrogen-bond donors (Lipinski definition) is 1. The molecule has 0 spiro atoms. The summed E-state index contributed by atoms with van der Waals surface area (Å²) < 4.78 is 36.5. The van der Waals surface area contributed by atoms with Crippen molar-refractivity contribution < 1.29 is 18.3 Å². The summed E-state index contributed by atoms with van der Waals surface area (Å²) in [5.74, 6) is 0. The fourth-order valence-electron chi connectivity index (χ4n) is 1.97. The zero-order valence-electron chi connectivity index (χ0n) is 9.67. The molecule has 1 rings (SSSR count). The lowest BCUT2D eigenvalue weighted by atomic mass is 10.0. The number of rotatable bonds is 3. The van der Waals surface area contributed by atoms with Gasteiger partial charge in [-0.2, -0.15) is 13.2 Å². The number of hydrogen-bond acceptors (Lipinski definition) is 3. The number of alkyl halides is 3. The van der Waals surface area contributed by atoms with Crippen molar-refractivity contribution in [1.29, 1.82) is 0 Å². The Hall–Kier alpha value is -0.330. The summed E-state index contributed by atoms with van der Waals surface area (Å²) in [7, 11) is 3.85. The average molecular weight is 240 g/mol. The number of nitrogens with zero attached hydrogens (tertiary/aromatic N) is 2. The van der Waals surface area contributed by atoms with Gasteiger partial charge in [0.1, 0.15) is 0 Å². The lowest BCUT2D eigenvalue weighted by molar-refractivity contribution is -0.209. The zero-order valence-corrected chi connectivity index (χ0v) is 9.67. The number of aliphatic hydroxyl groups excluding tert-OH is 1. The first kappa shape index (κ1) is 13.7. The van der Waals surface area contributed by atoms with Gasteiger partial charge in [-0.3, -0.25) is 4.90 Å². The Morgan fingerprint density at radius 1 is 1.44 bits per heavy atom. The van der Waals surface area contributed by atoms with Crippen LogP contribution in [0, 0.1) is 0 Å². The standard InChI is InChI=1S/C10H19F3N2O/c1-14(2)8-4-3-5-15(6-8)7-9(16)10(11,12)13/h8-9,16H,3-7H2,1-2H3. The quantitative estimate of drug-likeness (QED) is 0.795. The second-order valence-corrected chi connectivity index (χ2v) is 4.58. The van der Waals surface area contributed by atoms with E-state index in [1.165, 1.54) is 0 Å². The highest BCUT2D eigenvalue weighted by atomic mass is 19.4. The molecule has 1 aliphatic rings. The maximum absolute atomic E-state index is 12.2. The van der Waals surface area contributed by atoms with Crippen LogP contribution in [0.15, 0.2) is 0 Å². The van der Waals surface area contributed by atoms with Crippen LogP contribution in [0.3, 0.4) is 0 Å². The maximum atomic E-state index is 12.2. The number of aliphatic hydroxyl groups is 1. The highest BCUT2D eigenvalue weighted by Gasteiger charge is 2.39. The van der Waals surface area contributed by atoms with Gasteiger partial charge in [0.05, 0.1) is 0 Å². The smallest absolute Gasteiger partial charge is 0.382 e. The van der Waals surface area contributed by atoms with E-state index in [9.17, 15) is 13.2 Å². The summed E-state index contributed by atoms with van der Waals surface area (Å²) >= 11 is 0. The fraction of sp³-hybridized carbons (Fsp3) is 1.00. The van der Waals surface area contributed by atoms with E-state index in [1.807, 2.05) is 19.0 Å². The van der Waals surface area contributed by atoms with Crippen molar-refractivity contribution in [3.05, 3.63) is 0 Å². The number of likely N-dealkylation sites (N-methyl/N-ethyl adjacent to an activating group) is 1. The van der Waals surface area contributed by atoms with Crippen LogP contribution in [0.25, 0.3) is 0 Å². The highest BCUT2D eigenvalue weighted by Crippen LogP contribution is 2.22. The van der Waals surface area contributed by atoms with Gasteiger partial charge in [-0.15, -0.1) is 0 Å². The van der Waals surface area contributed by atoms with Crippen LogP contribution in [0.5, 0.6) is 0 Å². The molecule has 1 aliphatic heterocycles. The molecule has 0 aliphatic carbocycles. The second kappa shape index (κ2) is 5.33. The average Bonchev–Trinajstić information content (AvgIpc) is 2.16. The molecular formula is C10H19F3N2O. The number of likely N-dealkylation sites (tertiary alicyclic amines) is 1. The summed E-state index contributed by atoms with van der Waals surface area (Å²) in [5.41, 5.74) is 0. The van der Waals surface area contributed by atoms with E-state index in [0.29, 0.717) is 13.1 Å². The van der Waals surface area contributed by atoms with Crippen LogP contribution >= 0.6 is 0 Å². The van der Waals surface area contributed by atoms with Gasteiger partial charge in [0.25, 0.3) is 0 Å². The van der Waals surface area contributed by atoms with Crippen molar-refractivity contribution in [3.63, 3.8) is 0 Å². The molecule has 0 amide bonds. The van der Waals surface area contributed by atoms with Gasteiger partial charge in [-0.25, -0.2) is 0 Å². The van der Waals surface area contributed by atoms with Gasteiger partial charge in [-0.1, -0.05) is 0 Å². The summed E-state index contributed by atoms with van der Waals surface area (Å²) in [6.07, 6.45) is -4.85. The van der Waals surface area contributed by atoms with Crippen LogP contribution in [-0.4, -0.2) is 67.0 Å². The summed E-state index contributed by atoms with van der Waals surface area (Å²) in [5, 5.41) is 8.98. The highest BCUT2D eigenvalue weighted by molar-refractivity contribution is 4.80. The molecule has 3 nitrogen and oxygen atoms in total. The number of halogens is 3. The largest absolute Gasteiger partial charge is 0.415 e. The van der Waals surface area contributed by atoms with E-state index in [-0.39, 0.29) is 12.6 Å². The SMILES string of the molecule is CN(C)C1CCCN(CC(O)C(F)(F)F)C1. The molecule has 1 heterocycles. The van der Waals surface area contributed by atoms with Crippen molar-refractivity contribution in [2.45, 2.75) is 31.2 Å². The predicted molar refractivity (Wildman–Crippen MR) is 55.2 cm³/mol. The topological polar surface area (TPSA) is 26.7 Å². The van der Waals surface area contributed by atoms with Crippen LogP contribution in [0.1, 0.15) is 12.8 Å². The van der Waals surface area contributed by atoms with Crippen LogP contribution < -0.4 is 0 Å². The first-order valence-electron chi connectivity index (χ1n) is 5.44. The molecule has 1 fully saturated rings. The Morgan fingerprint density at radius 3 is 2.56 bits per heavy atom. The number of piperidine rings is 1. The van der Waals surface area contributed by atoms with Gasteiger partial charge in [0, 0.05) is 19.1 Å². The monoisotopic (exact) mass is 240 g/mol. The molecule has 2 atom stereocenters. The van der Waals surface area contributed by atoms with E-state index >= 15 is 0 Å². The third-order valence-corrected chi connectivity index (χ3v) is 3.02. The minimum Gasteiger partial charge on any atom is -0.382 e. The fourth-order valence-corrected chi connectivity index (χ4v) is 1.97. The Labute approximate surface area is 93.8 Å². The summed E-state index contributed by atoms with van der Waals surface area (Å²) in [6.45, 7) is 0.922. The molecule has 0 bridgehead atoms. The van der Waals surface area contributed by atoms with Gasteiger partial charge >= 0.3 is 6.18 Å². The Morgan fingerprint density at radius 2 is 2.06 bits per heavy atom. The maximum Gasteiger partial charge on any atom is 0.415 e. The van der Waals surface area contributed by atoms with E-state index in [2.05, 4.69) is 0 Å². The first-order chi connectivity index (χ1) is 7.30. The molecule has 0 saturated carbocycles. The predicted octanol–water partition coefficient (Wildman–Crippen LogP) is 0.936. The molecule has 1 saturated heterocycles. The van der Waals surface area contributed by atoms with Gasteiger partial charge < -0.3 is 10.0 Å². The molecule has 6 heteroatoms. The van der Waals surface area contributed by atoms with E-state index in [4.69, 9.17) is 5.11 Å². The number of β-amino-alcohol motifs (C(OH)–C–C–N with tert-alkyl or cyclic N) is 1. The van der Waals surface area contributed by atoms with Crippen molar-refractivity contribution in [2.75, 3.05) is 33.7 Å². The lowest BCUT2D eigenvalue weighted by Gasteiger charge is -2.37. The minimum absolute atomic E-state index is 0.286. The molecule has 0 aromatic rings. The first-order valence-corrected chi connectivity index (χ1v) is 5.44. The molecule has 0 radical (unpaired) electrons. The third-order valence-electron chi connectivity index (χ3n) is 3.02. The van der Waals surface area contributed by atoms with E-state index in [0.717, 1.165) is 12.8 Å². The molecular weight excluding hydrogens is 221 g/mol. The van der Waals surface area contributed by atoms with Crippen molar-refractivity contribution in [1.82, 2.24) is 9.80 Å². The van der Waals surface area contributed by atoms with Gasteiger partial charge in [0.15, 0.2) is 6.10 Å². The molecule has 0 aromatic heterocycles. The Balaban J connectivity index is 2.43. The lowest BCUT2D eigenvalue weighted by Crippen LogP contribution is -2.49. The van der Waals surface area contributed by atoms with Crippen molar-refractivity contribution in [2.24, 2.45) is 0 Å². The Kier molecular flexibility index (Phi) is 4.58. The van der Waals surface area contributed by atoms with Gasteiger partial charge in [0.2, 0.25) is 0 Å². The normalized spacial score (nSPS) is 26.1. The van der Waals surface area contributed by atoms with Crippen LogP contribution in [0.2, 0.25) is 0 Å². The van der Waals surface area contributed by atoms with Crippen molar-refractivity contribution in [3.8, 4) is 0 Å². The van der Waals surface area contributed by atoms with Gasteiger partial charge in [-0.05, 0) is 33.5 Å². The molecule has 96 valence electrons. The van der Waals surface area contributed by atoms with E-state index < -0.39 is 12.3 Å². The van der Waals surface area contributed by atoms with Crippen molar-refractivity contribution >= 4 is 0 Å². The second-order valence-electron chi connectivity index (χ2n) is 4.58. The third kappa shape index (κ3) is 3.92. The molecule has 0 aromatic carbocycles.